The van der Waals surface area contributed by atoms with Crippen molar-refractivity contribution in [3.8, 4) is 11.5 Å². The molecule has 0 aliphatic heterocycles. The third kappa shape index (κ3) is 5.47. The normalized spacial score (nSPS) is 10.0. The molecule has 2 rings (SSSR count). The standard InChI is InChI=1S/C18H19NO4/c1-13-3-7-16(8-4-13)23-18(21)12-11-17(20)19-14-5-9-15(22-2)10-6-14/h3-10H,11-12H2,1-2H3,(H,19,20). The lowest BCUT2D eigenvalue weighted by Gasteiger charge is -2.07. The van der Waals surface area contributed by atoms with Crippen LogP contribution >= 0.6 is 0 Å². The van der Waals surface area contributed by atoms with E-state index >= 15 is 0 Å². The van der Waals surface area contributed by atoms with Crippen LogP contribution in [0, 0.1) is 6.92 Å². The Labute approximate surface area is 135 Å². The summed E-state index contributed by atoms with van der Waals surface area (Å²) < 4.78 is 10.2. The first-order chi connectivity index (χ1) is 11.1. The molecular formula is C18H19NO4. The molecule has 0 unspecified atom stereocenters. The molecule has 0 saturated carbocycles. The zero-order valence-corrected chi connectivity index (χ0v) is 13.2. The minimum absolute atomic E-state index is 0.0237. The van der Waals surface area contributed by atoms with Gasteiger partial charge in [-0.05, 0) is 43.3 Å². The Morgan fingerprint density at radius 3 is 2.13 bits per heavy atom. The Balaban J connectivity index is 1.76. The van der Waals surface area contributed by atoms with Gasteiger partial charge in [0, 0.05) is 12.1 Å². The number of aryl methyl sites for hydroxylation is 1. The minimum atomic E-state index is -0.432. The highest BCUT2D eigenvalue weighted by Gasteiger charge is 2.09. The largest absolute Gasteiger partial charge is 0.497 e. The summed E-state index contributed by atoms with van der Waals surface area (Å²) in [4.78, 5) is 23.5. The number of esters is 1. The van der Waals surface area contributed by atoms with Gasteiger partial charge in [0.25, 0.3) is 0 Å². The van der Waals surface area contributed by atoms with Crippen molar-refractivity contribution >= 4 is 17.6 Å². The Kier molecular flexibility index (Phi) is 5.74. The highest BCUT2D eigenvalue weighted by atomic mass is 16.5. The summed E-state index contributed by atoms with van der Waals surface area (Å²) in [7, 11) is 1.58. The molecule has 0 aromatic heterocycles. The number of rotatable bonds is 6. The molecule has 2 aromatic rings. The summed E-state index contributed by atoms with van der Waals surface area (Å²) in [6, 6.07) is 14.2. The van der Waals surface area contributed by atoms with Gasteiger partial charge in [0.1, 0.15) is 11.5 Å². The number of nitrogens with one attached hydrogen (secondary N) is 1. The van der Waals surface area contributed by atoms with E-state index in [1.165, 1.54) is 0 Å². The van der Waals surface area contributed by atoms with Crippen molar-refractivity contribution < 1.29 is 19.1 Å². The van der Waals surface area contributed by atoms with Crippen molar-refractivity contribution in [3.63, 3.8) is 0 Å². The lowest BCUT2D eigenvalue weighted by molar-refractivity contribution is -0.135. The first-order valence-electron chi connectivity index (χ1n) is 7.28. The molecule has 0 saturated heterocycles. The van der Waals surface area contributed by atoms with Gasteiger partial charge in [0.15, 0.2) is 0 Å². The van der Waals surface area contributed by atoms with Crippen LogP contribution in [0.2, 0.25) is 0 Å². The Morgan fingerprint density at radius 1 is 0.913 bits per heavy atom. The van der Waals surface area contributed by atoms with Crippen LogP contribution in [0.25, 0.3) is 0 Å². The van der Waals surface area contributed by atoms with Gasteiger partial charge in [-0.3, -0.25) is 9.59 Å². The van der Waals surface area contributed by atoms with Gasteiger partial charge in [-0.1, -0.05) is 17.7 Å². The molecule has 0 fully saturated rings. The molecule has 0 heterocycles. The Morgan fingerprint density at radius 2 is 1.52 bits per heavy atom. The predicted molar refractivity (Wildman–Crippen MR) is 87.7 cm³/mol. The zero-order valence-electron chi connectivity index (χ0n) is 13.2. The van der Waals surface area contributed by atoms with Crippen LogP contribution < -0.4 is 14.8 Å². The predicted octanol–water partition coefficient (Wildman–Crippen LogP) is 3.33. The van der Waals surface area contributed by atoms with E-state index < -0.39 is 5.97 Å². The SMILES string of the molecule is COc1ccc(NC(=O)CCC(=O)Oc2ccc(C)cc2)cc1. The van der Waals surface area contributed by atoms with Crippen molar-refractivity contribution in [2.75, 3.05) is 12.4 Å². The van der Waals surface area contributed by atoms with Gasteiger partial charge < -0.3 is 14.8 Å². The Hall–Kier alpha value is -2.82. The summed E-state index contributed by atoms with van der Waals surface area (Å²) in [6.45, 7) is 1.95. The number of methoxy groups -OCH3 is 1. The monoisotopic (exact) mass is 313 g/mol. The van der Waals surface area contributed by atoms with Gasteiger partial charge in [-0.2, -0.15) is 0 Å². The number of hydrogen-bond donors (Lipinski definition) is 1. The third-order valence-electron chi connectivity index (χ3n) is 3.18. The number of ether oxygens (including phenoxy) is 2. The van der Waals surface area contributed by atoms with Crippen molar-refractivity contribution in [1.82, 2.24) is 0 Å². The van der Waals surface area contributed by atoms with Gasteiger partial charge >= 0.3 is 5.97 Å². The van der Waals surface area contributed by atoms with Gasteiger partial charge in [-0.15, -0.1) is 0 Å². The minimum Gasteiger partial charge on any atom is -0.497 e. The molecule has 0 atom stereocenters. The van der Waals surface area contributed by atoms with E-state index in [1.54, 1.807) is 43.5 Å². The maximum Gasteiger partial charge on any atom is 0.311 e. The highest BCUT2D eigenvalue weighted by molar-refractivity contribution is 5.92. The molecule has 0 bridgehead atoms. The first-order valence-corrected chi connectivity index (χ1v) is 7.28. The topological polar surface area (TPSA) is 64.6 Å². The fourth-order valence-corrected chi connectivity index (χ4v) is 1.90. The fourth-order valence-electron chi connectivity index (χ4n) is 1.90. The summed E-state index contributed by atoms with van der Waals surface area (Å²) >= 11 is 0. The summed E-state index contributed by atoms with van der Waals surface area (Å²) in [5.41, 5.74) is 1.74. The van der Waals surface area contributed by atoms with E-state index in [2.05, 4.69) is 5.32 Å². The van der Waals surface area contributed by atoms with Crippen LogP contribution in [0.5, 0.6) is 11.5 Å². The summed E-state index contributed by atoms with van der Waals surface area (Å²) in [5.74, 6) is 0.524. The Bertz CT molecular complexity index is 662. The lowest BCUT2D eigenvalue weighted by atomic mass is 10.2. The van der Waals surface area contributed by atoms with E-state index in [1.807, 2.05) is 19.1 Å². The van der Waals surface area contributed by atoms with Crippen molar-refractivity contribution in [3.05, 3.63) is 54.1 Å². The van der Waals surface area contributed by atoms with Crippen molar-refractivity contribution in [1.29, 1.82) is 0 Å². The molecule has 0 spiro atoms. The van der Waals surface area contributed by atoms with E-state index in [0.717, 1.165) is 5.56 Å². The van der Waals surface area contributed by atoms with Gasteiger partial charge in [-0.25, -0.2) is 0 Å². The molecule has 0 aliphatic carbocycles. The number of carbonyl (C=O) groups is 2. The van der Waals surface area contributed by atoms with Gasteiger partial charge in [0.2, 0.25) is 5.91 Å². The smallest absolute Gasteiger partial charge is 0.311 e. The van der Waals surface area contributed by atoms with Crippen LogP contribution in [0.4, 0.5) is 5.69 Å². The van der Waals surface area contributed by atoms with Crippen molar-refractivity contribution in [2.45, 2.75) is 19.8 Å². The van der Waals surface area contributed by atoms with E-state index in [4.69, 9.17) is 9.47 Å². The average Bonchev–Trinajstić information content (AvgIpc) is 2.56. The molecule has 0 radical (unpaired) electrons. The first kappa shape index (κ1) is 16.5. The number of amides is 1. The number of hydrogen-bond acceptors (Lipinski definition) is 4. The summed E-state index contributed by atoms with van der Waals surface area (Å²) in [5, 5.41) is 2.72. The van der Waals surface area contributed by atoms with Crippen molar-refractivity contribution in [2.24, 2.45) is 0 Å². The molecule has 120 valence electrons. The van der Waals surface area contributed by atoms with E-state index in [-0.39, 0.29) is 18.7 Å². The maximum atomic E-state index is 11.8. The van der Waals surface area contributed by atoms with E-state index in [0.29, 0.717) is 17.2 Å². The molecule has 2 aromatic carbocycles. The second kappa shape index (κ2) is 7.98. The van der Waals surface area contributed by atoms with Crippen LogP contribution in [0.1, 0.15) is 18.4 Å². The van der Waals surface area contributed by atoms with Gasteiger partial charge in [0.05, 0.1) is 13.5 Å². The van der Waals surface area contributed by atoms with Crippen LogP contribution in [0.3, 0.4) is 0 Å². The van der Waals surface area contributed by atoms with Crippen LogP contribution in [0.15, 0.2) is 48.5 Å². The third-order valence-corrected chi connectivity index (χ3v) is 3.18. The number of benzene rings is 2. The number of anilines is 1. The maximum absolute atomic E-state index is 11.8. The molecule has 5 heteroatoms. The lowest BCUT2D eigenvalue weighted by Crippen LogP contribution is -2.15. The quantitative estimate of drug-likeness (QED) is 0.656. The number of carbonyl (C=O) groups excluding carboxylic acids is 2. The second-order valence-corrected chi connectivity index (χ2v) is 5.06. The molecule has 5 nitrogen and oxygen atoms in total. The zero-order chi connectivity index (χ0) is 16.7. The molecule has 1 amide bonds. The molecule has 23 heavy (non-hydrogen) atoms. The fraction of sp³-hybridized carbons (Fsp3) is 0.222. The summed E-state index contributed by atoms with van der Waals surface area (Å²) in [6.07, 6.45) is 0.0899. The molecular weight excluding hydrogens is 294 g/mol. The van der Waals surface area contributed by atoms with E-state index in [9.17, 15) is 9.59 Å². The van der Waals surface area contributed by atoms with Crippen LogP contribution in [-0.2, 0) is 9.59 Å². The molecule has 1 N–H and O–H groups in total. The van der Waals surface area contributed by atoms with Crippen LogP contribution in [-0.4, -0.2) is 19.0 Å². The molecule has 0 aliphatic rings. The average molecular weight is 313 g/mol. The second-order valence-electron chi connectivity index (χ2n) is 5.06. The highest BCUT2D eigenvalue weighted by Crippen LogP contribution is 2.16.